The van der Waals surface area contributed by atoms with Gasteiger partial charge in [-0.05, 0) is 31.7 Å². The largest absolute Gasteiger partial charge is 0.330 e. The number of hydrogen-bond donors (Lipinski definition) is 1. The van der Waals surface area contributed by atoms with E-state index in [4.69, 9.17) is 0 Å². The molecule has 1 aromatic heterocycles. The summed E-state index contributed by atoms with van der Waals surface area (Å²) in [7, 11) is 0. The van der Waals surface area contributed by atoms with Gasteiger partial charge in [-0.3, -0.25) is 0 Å². The predicted octanol–water partition coefficient (Wildman–Crippen LogP) is 3.56. The Balaban J connectivity index is 2.15. The van der Waals surface area contributed by atoms with Gasteiger partial charge in [-0.2, -0.15) is 0 Å². The van der Waals surface area contributed by atoms with Crippen molar-refractivity contribution >= 4 is 0 Å². The minimum atomic E-state index is 0.600. The summed E-state index contributed by atoms with van der Waals surface area (Å²) in [5.41, 5.74) is 0. The Kier molecular flexibility index (Phi) is 5.44. The highest BCUT2D eigenvalue weighted by Crippen LogP contribution is 2.35. The van der Waals surface area contributed by atoms with Crippen molar-refractivity contribution in [3.8, 4) is 0 Å². The van der Waals surface area contributed by atoms with Gasteiger partial charge in [0.15, 0.2) is 0 Å². The Morgan fingerprint density at radius 1 is 1.32 bits per heavy atom. The normalized spacial score (nSPS) is 27.6. The summed E-state index contributed by atoms with van der Waals surface area (Å²) in [5.74, 6) is 2.14. The van der Waals surface area contributed by atoms with Crippen LogP contribution in [0.25, 0.3) is 0 Å². The van der Waals surface area contributed by atoms with Gasteiger partial charge in [-0.15, -0.1) is 0 Å². The average molecular weight is 263 g/mol. The third kappa shape index (κ3) is 3.38. The number of aromatic nitrogens is 2. The van der Waals surface area contributed by atoms with Crippen molar-refractivity contribution < 1.29 is 0 Å². The molecule has 19 heavy (non-hydrogen) atoms. The van der Waals surface area contributed by atoms with Crippen LogP contribution in [0.4, 0.5) is 0 Å². The molecule has 1 aromatic rings. The zero-order valence-corrected chi connectivity index (χ0v) is 12.7. The van der Waals surface area contributed by atoms with E-state index in [0.29, 0.717) is 12.1 Å². The maximum Gasteiger partial charge on any atom is 0.108 e. The van der Waals surface area contributed by atoms with Crippen LogP contribution in [0, 0.1) is 5.92 Å². The molecule has 1 aliphatic rings. The van der Waals surface area contributed by atoms with Crippen LogP contribution < -0.4 is 5.32 Å². The van der Waals surface area contributed by atoms with Crippen molar-refractivity contribution in [2.75, 3.05) is 6.54 Å². The maximum absolute atomic E-state index is 4.51. The molecule has 108 valence electrons. The fourth-order valence-corrected chi connectivity index (χ4v) is 3.63. The van der Waals surface area contributed by atoms with E-state index in [1.807, 2.05) is 6.20 Å². The van der Waals surface area contributed by atoms with Crippen LogP contribution in [0.15, 0.2) is 12.4 Å². The Morgan fingerprint density at radius 2 is 2.16 bits per heavy atom. The molecular weight excluding hydrogens is 234 g/mol. The highest BCUT2D eigenvalue weighted by molar-refractivity contribution is 5.00. The van der Waals surface area contributed by atoms with Crippen LogP contribution >= 0.6 is 0 Å². The van der Waals surface area contributed by atoms with E-state index in [1.165, 1.54) is 37.9 Å². The lowest BCUT2D eigenvalue weighted by Crippen LogP contribution is -2.42. The maximum atomic E-state index is 4.51. The van der Waals surface area contributed by atoms with E-state index in [9.17, 15) is 0 Å². The molecule has 0 saturated heterocycles. The second-order valence-corrected chi connectivity index (χ2v) is 5.80. The van der Waals surface area contributed by atoms with Gasteiger partial charge in [-0.1, -0.05) is 33.6 Å². The summed E-state index contributed by atoms with van der Waals surface area (Å²) in [6.45, 7) is 7.78. The molecule has 1 saturated carbocycles. The van der Waals surface area contributed by atoms with Crippen molar-refractivity contribution in [2.24, 2.45) is 5.92 Å². The molecule has 0 radical (unpaired) electrons. The molecule has 1 heterocycles. The third-order valence-electron chi connectivity index (χ3n) is 4.51. The van der Waals surface area contributed by atoms with Gasteiger partial charge < -0.3 is 9.88 Å². The number of rotatable bonds is 6. The van der Waals surface area contributed by atoms with E-state index in [1.54, 1.807) is 0 Å². The number of hydrogen-bond acceptors (Lipinski definition) is 2. The second kappa shape index (κ2) is 7.09. The third-order valence-corrected chi connectivity index (χ3v) is 4.51. The number of nitrogens with one attached hydrogen (secondary N) is 1. The van der Waals surface area contributed by atoms with E-state index in [0.717, 1.165) is 18.9 Å². The van der Waals surface area contributed by atoms with Crippen LogP contribution in [-0.2, 0) is 6.42 Å². The van der Waals surface area contributed by atoms with Crippen LogP contribution in [0.3, 0.4) is 0 Å². The highest BCUT2D eigenvalue weighted by Gasteiger charge is 2.31. The molecule has 0 aromatic carbocycles. The van der Waals surface area contributed by atoms with Gasteiger partial charge in [0, 0.05) is 24.9 Å². The Labute approximate surface area is 117 Å². The van der Waals surface area contributed by atoms with Crippen LogP contribution in [0.2, 0.25) is 0 Å². The Morgan fingerprint density at radius 3 is 2.84 bits per heavy atom. The van der Waals surface area contributed by atoms with Crippen LogP contribution in [0.1, 0.15) is 64.7 Å². The minimum absolute atomic E-state index is 0.600. The number of likely N-dealkylation sites (N-methyl/N-ethyl adjacent to an activating group) is 1. The zero-order chi connectivity index (χ0) is 13.7. The molecule has 3 atom stereocenters. The summed E-state index contributed by atoms with van der Waals surface area (Å²) < 4.78 is 2.44. The SMILES string of the molecule is CCCC1CCC(NCC)C(n2ccnc2CC)C1. The summed E-state index contributed by atoms with van der Waals surface area (Å²) in [5, 5.41) is 3.69. The topological polar surface area (TPSA) is 29.9 Å². The molecule has 3 heteroatoms. The van der Waals surface area contributed by atoms with Gasteiger partial charge in [0.25, 0.3) is 0 Å². The first-order valence-corrected chi connectivity index (χ1v) is 8.05. The van der Waals surface area contributed by atoms with E-state index in [-0.39, 0.29) is 0 Å². The van der Waals surface area contributed by atoms with Crippen LogP contribution in [0.5, 0.6) is 0 Å². The second-order valence-electron chi connectivity index (χ2n) is 5.80. The van der Waals surface area contributed by atoms with Gasteiger partial charge in [0.2, 0.25) is 0 Å². The predicted molar refractivity (Wildman–Crippen MR) is 80.4 cm³/mol. The summed E-state index contributed by atoms with van der Waals surface area (Å²) in [6, 6.07) is 1.22. The fourth-order valence-electron chi connectivity index (χ4n) is 3.63. The first-order chi connectivity index (χ1) is 9.30. The molecule has 2 rings (SSSR count). The molecule has 3 unspecified atom stereocenters. The van der Waals surface area contributed by atoms with E-state index >= 15 is 0 Å². The van der Waals surface area contributed by atoms with Gasteiger partial charge in [0.1, 0.15) is 5.82 Å². The van der Waals surface area contributed by atoms with E-state index < -0.39 is 0 Å². The first-order valence-electron chi connectivity index (χ1n) is 8.05. The van der Waals surface area contributed by atoms with Crippen LogP contribution in [-0.4, -0.2) is 22.1 Å². The molecule has 0 amide bonds. The first kappa shape index (κ1) is 14.6. The lowest BCUT2D eigenvalue weighted by molar-refractivity contribution is 0.196. The van der Waals surface area contributed by atoms with E-state index in [2.05, 4.69) is 41.8 Å². The van der Waals surface area contributed by atoms with Crippen molar-refractivity contribution in [3.05, 3.63) is 18.2 Å². The molecule has 0 bridgehead atoms. The smallest absolute Gasteiger partial charge is 0.108 e. The molecular formula is C16H29N3. The zero-order valence-electron chi connectivity index (χ0n) is 12.7. The monoisotopic (exact) mass is 263 g/mol. The Hall–Kier alpha value is -0.830. The lowest BCUT2D eigenvalue weighted by atomic mass is 9.80. The summed E-state index contributed by atoms with van der Waals surface area (Å²) in [4.78, 5) is 4.51. The van der Waals surface area contributed by atoms with Crippen molar-refractivity contribution in [1.82, 2.24) is 14.9 Å². The summed E-state index contributed by atoms with van der Waals surface area (Å²) in [6.07, 6.45) is 11.9. The molecule has 1 fully saturated rings. The highest BCUT2D eigenvalue weighted by atomic mass is 15.1. The van der Waals surface area contributed by atoms with Gasteiger partial charge in [-0.25, -0.2) is 4.98 Å². The molecule has 0 spiro atoms. The molecule has 1 aliphatic carbocycles. The number of aryl methyl sites for hydroxylation is 1. The van der Waals surface area contributed by atoms with Gasteiger partial charge >= 0.3 is 0 Å². The average Bonchev–Trinajstić information content (AvgIpc) is 2.89. The summed E-state index contributed by atoms with van der Waals surface area (Å²) >= 11 is 0. The minimum Gasteiger partial charge on any atom is -0.330 e. The fraction of sp³-hybridized carbons (Fsp3) is 0.812. The number of imidazole rings is 1. The van der Waals surface area contributed by atoms with Crippen molar-refractivity contribution in [2.45, 2.75) is 71.4 Å². The van der Waals surface area contributed by atoms with Crippen molar-refractivity contribution in [1.29, 1.82) is 0 Å². The quantitative estimate of drug-likeness (QED) is 0.850. The van der Waals surface area contributed by atoms with Crippen molar-refractivity contribution in [3.63, 3.8) is 0 Å². The molecule has 3 nitrogen and oxygen atoms in total. The van der Waals surface area contributed by atoms with Gasteiger partial charge in [0.05, 0.1) is 6.04 Å². The standard InChI is InChI=1S/C16H29N3/c1-4-7-13-8-9-14(17-6-3)15(12-13)19-11-10-18-16(19)5-2/h10-11,13-15,17H,4-9,12H2,1-3H3. The molecule has 0 aliphatic heterocycles. The number of nitrogens with zero attached hydrogens (tertiary/aromatic N) is 2. The Bertz CT molecular complexity index is 372. The molecule has 1 N–H and O–H groups in total. The lowest BCUT2D eigenvalue weighted by Gasteiger charge is -2.38.